The van der Waals surface area contributed by atoms with Crippen LogP contribution in [-0.4, -0.2) is 47.8 Å². The Hall–Kier alpha value is -2.66. The van der Waals surface area contributed by atoms with Gasteiger partial charge in [-0.25, -0.2) is 0 Å². The quantitative estimate of drug-likeness (QED) is 0.694. The van der Waals surface area contributed by atoms with Crippen molar-refractivity contribution in [1.29, 1.82) is 0 Å². The summed E-state index contributed by atoms with van der Waals surface area (Å²) in [5, 5.41) is 3.16. The molecule has 0 unspecified atom stereocenters. The Morgan fingerprint density at radius 3 is 2.06 bits per heavy atom. The van der Waals surface area contributed by atoms with Crippen molar-refractivity contribution in [2.24, 2.45) is 5.92 Å². The number of amides is 2. The smallest absolute Gasteiger partial charge is 0.246 e. The van der Waals surface area contributed by atoms with Crippen molar-refractivity contribution in [3.63, 3.8) is 0 Å². The van der Waals surface area contributed by atoms with Gasteiger partial charge < -0.3 is 10.2 Å². The number of hydrogen-bond donors (Lipinski definition) is 1. The summed E-state index contributed by atoms with van der Waals surface area (Å²) in [5.74, 6) is 0.397. The fourth-order valence-electron chi connectivity index (χ4n) is 5.37. The minimum absolute atomic E-state index is 0.0107. The number of nitrogens with one attached hydrogen (secondary N) is 1. The summed E-state index contributed by atoms with van der Waals surface area (Å²) in [5.41, 5.74) is 4.10. The van der Waals surface area contributed by atoms with Crippen LogP contribution in [0, 0.1) is 19.8 Å². The normalized spacial score (nSPS) is 19.0. The molecule has 2 aromatic rings. The average Bonchev–Trinajstić information content (AvgIpc) is 3.09. The van der Waals surface area contributed by atoms with Gasteiger partial charge in [-0.05, 0) is 81.4 Å². The zero-order chi connectivity index (χ0) is 23.2. The molecular formula is C28H37N3O2. The van der Waals surface area contributed by atoms with E-state index in [1.807, 2.05) is 56.3 Å². The molecule has 2 aromatic carbocycles. The molecule has 176 valence electrons. The fraction of sp³-hybridized carbons (Fsp3) is 0.500. The van der Waals surface area contributed by atoms with Gasteiger partial charge in [-0.2, -0.15) is 0 Å². The molecule has 2 heterocycles. The second kappa shape index (κ2) is 11.0. The number of nitrogens with zero attached hydrogens (tertiary/aromatic N) is 2. The van der Waals surface area contributed by atoms with E-state index < -0.39 is 0 Å². The first-order chi connectivity index (χ1) is 16.0. The Kier molecular flexibility index (Phi) is 7.81. The number of benzene rings is 2. The van der Waals surface area contributed by atoms with Crippen molar-refractivity contribution in [3.8, 4) is 0 Å². The van der Waals surface area contributed by atoms with E-state index in [9.17, 15) is 9.59 Å². The molecule has 2 aliphatic rings. The van der Waals surface area contributed by atoms with Crippen LogP contribution in [0.25, 0.3) is 0 Å². The molecule has 0 aromatic heterocycles. The Bertz CT molecular complexity index is 923. The van der Waals surface area contributed by atoms with Gasteiger partial charge in [-0.3, -0.25) is 14.5 Å². The van der Waals surface area contributed by atoms with E-state index in [-0.39, 0.29) is 17.9 Å². The maximum Gasteiger partial charge on any atom is 0.246 e. The number of hydrogen-bond acceptors (Lipinski definition) is 3. The molecule has 0 aliphatic carbocycles. The first-order valence-corrected chi connectivity index (χ1v) is 12.5. The molecular weight excluding hydrogens is 410 g/mol. The highest BCUT2D eigenvalue weighted by Crippen LogP contribution is 2.30. The van der Waals surface area contributed by atoms with Gasteiger partial charge in [0, 0.05) is 24.7 Å². The number of carbonyl (C=O) groups is 2. The standard InChI is InChI=1S/C28H37N3O2/c1-21-18-22(2)20-25(19-21)29-27(32)26(23-10-6-5-7-11-23)30-16-12-24(13-17-30)28(33)31-14-8-3-4-9-15-31/h5-7,10-11,18-20,24,26H,3-4,8-9,12-17H2,1-2H3,(H,29,32)/t26-/m0/s1. The molecule has 5 nitrogen and oxygen atoms in total. The molecule has 1 N–H and O–H groups in total. The van der Waals surface area contributed by atoms with Crippen molar-refractivity contribution in [3.05, 3.63) is 65.2 Å². The molecule has 2 aliphatic heterocycles. The highest BCUT2D eigenvalue weighted by Gasteiger charge is 2.34. The summed E-state index contributed by atoms with van der Waals surface area (Å²) in [4.78, 5) is 31.0. The van der Waals surface area contributed by atoms with E-state index in [2.05, 4.69) is 21.2 Å². The summed E-state index contributed by atoms with van der Waals surface area (Å²) in [6.07, 6.45) is 6.34. The van der Waals surface area contributed by atoms with E-state index in [0.717, 1.165) is 74.2 Å². The summed E-state index contributed by atoms with van der Waals surface area (Å²) in [7, 11) is 0. The van der Waals surface area contributed by atoms with Crippen molar-refractivity contribution < 1.29 is 9.59 Å². The second-order valence-corrected chi connectivity index (χ2v) is 9.73. The van der Waals surface area contributed by atoms with Crippen LogP contribution in [0.2, 0.25) is 0 Å². The number of aryl methyl sites for hydroxylation is 2. The second-order valence-electron chi connectivity index (χ2n) is 9.73. The van der Waals surface area contributed by atoms with Gasteiger partial charge in [0.05, 0.1) is 0 Å². The van der Waals surface area contributed by atoms with Crippen LogP contribution >= 0.6 is 0 Å². The largest absolute Gasteiger partial charge is 0.342 e. The SMILES string of the molecule is Cc1cc(C)cc(NC(=O)[C@H](c2ccccc2)N2CCC(C(=O)N3CCCCCC3)CC2)c1. The molecule has 0 radical (unpaired) electrons. The summed E-state index contributed by atoms with van der Waals surface area (Å²) < 4.78 is 0. The minimum atomic E-state index is -0.360. The van der Waals surface area contributed by atoms with Gasteiger partial charge in [-0.1, -0.05) is 49.2 Å². The molecule has 2 fully saturated rings. The topological polar surface area (TPSA) is 52.7 Å². The molecule has 4 rings (SSSR count). The number of carbonyl (C=O) groups excluding carboxylic acids is 2. The van der Waals surface area contributed by atoms with Gasteiger partial charge in [0.15, 0.2) is 0 Å². The van der Waals surface area contributed by atoms with E-state index >= 15 is 0 Å². The summed E-state index contributed by atoms with van der Waals surface area (Å²) in [6, 6.07) is 15.8. The fourth-order valence-corrected chi connectivity index (χ4v) is 5.37. The number of anilines is 1. The molecule has 2 saturated heterocycles. The van der Waals surface area contributed by atoms with E-state index in [1.165, 1.54) is 12.8 Å². The first kappa shape index (κ1) is 23.5. The number of piperidine rings is 1. The Balaban J connectivity index is 1.46. The van der Waals surface area contributed by atoms with Crippen molar-refractivity contribution >= 4 is 17.5 Å². The minimum Gasteiger partial charge on any atom is -0.342 e. The van der Waals surface area contributed by atoms with Crippen LogP contribution in [-0.2, 0) is 9.59 Å². The van der Waals surface area contributed by atoms with Crippen LogP contribution < -0.4 is 5.32 Å². The maximum absolute atomic E-state index is 13.5. The Morgan fingerprint density at radius 1 is 0.848 bits per heavy atom. The van der Waals surface area contributed by atoms with Crippen LogP contribution in [0.3, 0.4) is 0 Å². The third-order valence-corrected chi connectivity index (χ3v) is 7.01. The predicted molar refractivity (Wildman–Crippen MR) is 133 cm³/mol. The lowest BCUT2D eigenvalue weighted by atomic mass is 9.92. The third kappa shape index (κ3) is 6.02. The molecule has 0 bridgehead atoms. The lowest BCUT2D eigenvalue weighted by molar-refractivity contribution is -0.137. The lowest BCUT2D eigenvalue weighted by Crippen LogP contribution is -2.46. The van der Waals surface area contributed by atoms with Crippen molar-refractivity contribution in [2.75, 3.05) is 31.5 Å². The van der Waals surface area contributed by atoms with Gasteiger partial charge in [0.1, 0.15) is 6.04 Å². The molecule has 33 heavy (non-hydrogen) atoms. The van der Waals surface area contributed by atoms with Crippen LogP contribution in [0.5, 0.6) is 0 Å². The van der Waals surface area contributed by atoms with Crippen LogP contribution in [0.4, 0.5) is 5.69 Å². The highest BCUT2D eigenvalue weighted by atomic mass is 16.2. The van der Waals surface area contributed by atoms with Crippen molar-refractivity contribution in [2.45, 2.75) is 58.4 Å². The van der Waals surface area contributed by atoms with Gasteiger partial charge in [-0.15, -0.1) is 0 Å². The maximum atomic E-state index is 13.5. The van der Waals surface area contributed by atoms with Gasteiger partial charge >= 0.3 is 0 Å². The zero-order valence-electron chi connectivity index (χ0n) is 20.1. The van der Waals surface area contributed by atoms with Crippen LogP contribution in [0.1, 0.15) is 61.3 Å². The number of likely N-dealkylation sites (tertiary alicyclic amines) is 2. The van der Waals surface area contributed by atoms with E-state index in [0.29, 0.717) is 5.91 Å². The molecule has 2 amide bonds. The Morgan fingerprint density at radius 2 is 1.45 bits per heavy atom. The molecule has 1 atom stereocenters. The van der Waals surface area contributed by atoms with E-state index in [1.54, 1.807) is 0 Å². The number of rotatable bonds is 5. The highest BCUT2D eigenvalue weighted by molar-refractivity contribution is 5.95. The molecule has 0 spiro atoms. The summed E-state index contributed by atoms with van der Waals surface area (Å²) >= 11 is 0. The third-order valence-electron chi connectivity index (χ3n) is 7.01. The predicted octanol–water partition coefficient (Wildman–Crippen LogP) is 5.10. The van der Waals surface area contributed by atoms with E-state index in [4.69, 9.17) is 0 Å². The monoisotopic (exact) mass is 447 g/mol. The average molecular weight is 448 g/mol. The van der Waals surface area contributed by atoms with Crippen LogP contribution in [0.15, 0.2) is 48.5 Å². The summed E-state index contributed by atoms with van der Waals surface area (Å²) in [6.45, 7) is 7.41. The lowest BCUT2D eigenvalue weighted by Gasteiger charge is -2.38. The Labute approximate surface area is 198 Å². The molecule has 5 heteroatoms. The zero-order valence-corrected chi connectivity index (χ0v) is 20.1. The van der Waals surface area contributed by atoms with Gasteiger partial charge in [0.2, 0.25) is 11.8 Å². The van der Waals surface area contributed by atoms with Gasteiger partial charge in [0.25, 0.3) is 0 Å². The van der Waals surface area contributed by atoms with Crippen molar-refractivity contribution in [1.82, 2.24) is 9.80 Å². The first-order valence-electron chi connectivity index (χ1n) is 12.5. The molecule has 0 saturated carbocycles.